The van der Waals surface area contributed by atoms with Crippen LogP contribution in [-0.4, -0.2) is 16.9 Å². The zero-order valence-corrected chi connectivity index (χ0v) is 10.4. The molecule has 0 aliphatic carbocycles. The van der Waals surface area contributed by atoms with E-state index in [1.165, 1.54) is 0 Å². The van der Waals surface area contributed by atoms with E-state index < -0.39 is 0 Å². The summed E-state index contributed by atoms with van der Waals surface area (Å²) in [6.45, 7) is 5.45. The fourth-order valence-corrected chi connectivity index (χ4v) is 1.28. The van der Waals surface area contributed by atoms with E-state index in [-0.39, 0.29) is 23.0 Å². The maximum absolute atomic E-state index is 11.7. The van der Waals surface area contributed by atoms with Crippen LogP contribution in [0.4, 0.5) is 5.69 Å². The molecule has 2 atom stereocenters. The first-order valence-corrected chi connectivity index (χ1v) is 5.48. The molecule has 5 heteroatoms. The van der Waals surface area contributed by atoms with Crippen molar-refractivity contribution in [3.8, 4) is 0 Å². The van der Waals surface area contributed by atoms with Crippen LogP contribution < -0.4 is 11.1 Å². The number of carbonyl (C=O) groups excluding carboxylic acids is 1. The molecule has 1 aromatic heterocycles. The van der Waals surface area contributed by atoms with Crippen LogP contribution in [0.15, 0.2) is 12.3 Å². The molecule has 88 valence electrons. The topological polar surface area (TPSA) is 68.0 Å². The zero-order chi connectivity index (χ0) is 12.3. The first-order valence-electron chi connectivity index (χ1n) is 5.10. The Balaban J connectivity index is 2.80. The van der Waals surface area contributed by atoms with Crippen LogP contribution in [0.3, 0.4) is 0 Å². The van der Waals surface area contributed by atoms with Crippen molar-refractivity contribution in [3.63, 3.8) is 0 Å². The van der Waals surface area contributed by atoms with Gasteiger partial charge in [0.05, 0.1) is 11.6 Å². The van der Waals surface area contributed by atoms with E-state index in [2.05, 4.69) is 10.3 Å². The third-order valence-electron chi connectivity index (χ3n) is 2.44. The van der Waals surface area contributed by atoms with E-state index in [1.807, 2.05) is 6.92 Å². The molecule has 0 bridgehead atoms. The molecule has 0 aromatic carbocycles. The normalized spacial score (nSPS) is 14.3. The minimum absolute atomic E-state index is 0.149. The third-order valence-corrected chi connectivity index (χ3v) is 2.74. The third kappa shape index (κ3) is 3.18. The maximum atomic E-state index is 11.7. The van der Waals surface area contributed by atoms with Crippen LogP contribution in [0, 0.1) is 12.8 Å². The molecule has 3 N–H and O–H groups in total. The first-order chi connectivity index (χ1) is 7.41. The Hall–Kier alpha value is -1.13. The van der Waals surface area contributed by atoms with Gasteiger partial charge < -0.3 is 11.1 Å². The van der Waals surface area contributed by atoms with Gasteiger partial charge in [-0.3, -0.25) is 4.79 Å². The molecule has 4 nitrogen and oxygen atoms in total. The zero-order valence-electron chi connectivity index (χ0n) is 9.62. The molecule has 0 saturated carbocycles. The lowest BCUT2D eigenvalue weighted by molar-refractivity contribution is -0.119. The van der Waals surface area contributed by atoms with Gasteiger partial charge in [0, 0.05) is 12.2 Å². The monoisotopic (exact) mass is 241 g/mol. The van der Waals surface area contributed by atoms with Crippen molar-refractivity contribution >= 4 is 23.2 Å². The summed E-state index contributed by atoms with van der Waals surface area (Å²) in [5, 5.41) is 3.01. The van der Waals surface area contributed by atoms with Gasteiger partial charge in [-0.05, 0) is 25.5 Å². The van der Waals surface area contributed by atoms with E-state index in [4.69, 9.17) is 17.3 Å². The summed E-state index contributed by atoms with van der Waals surface area (Å²) in [5.41, 5.74) is 7.11. The summed E-state index contributed by atoms with van der Waals surface area (Å²) in [4.78, 5) is 15.7. The van der Waals surface area contributed by atoms with Crippen LogP contribution in [0.5, 0.6) is 0 Å². The number of aromatic nitrogens is 1. The second kappa shape index (κ2) is 5.27. The molecule has 16 heavy (non-hydrogen) atoms. The second-order valence-electron chi connectivity index (χ2n) is 3.99. The highest BCUT2D eigenvalue weighted by Gasteiger charge is 2.18. The molecule has 0 fully saturated rings. The van der Waals surface area contributed by atoms with Gasteiger partial charge in [-0.2, -0.15) is 0 Å². The van der Waals surface area contributed by atoms with Gasteiger partial charge in [0.1, 0.15) is 0 Å². The smallest absolute Gasteiger partial charge is 0.228 e. The number of hydrogen-bond donors (Lipinski definition) is 2. The van der Waals surface area contributed by atoms with Crippen molar-refractivity contribution in [1.29, 1.82) is 0 Å². The van der Waals surface area contributed by atoms with E-state index in [0.29, 0.717) is 5.69 Å². The van der Waals surface area contributed by atoms with Crippen LogP contribution >= 0.6 is 11.6 Å². The van der Waals surface area contributed by atoms with Crippen LogP contribution in [0.25, 0.3) is 0 Å². The van der Waals surface area contributed by atoms with Gasteiger partial charge in [0.2, 0.25) is 5.91 Å². The second-order valence-corrected chi connectivity index (χ2v) is 4.35. The standard InChI is InChI=1S/C11H16ClN3O/c1-6-4-9(10(12)14-5-6)15-11(16)7(2)8(3)13/h4-5,7-8H,13H2,1-3H3,(H,15,16). The van der Waals surface area contributed by atoms with E-state index >= 15 is 0 Å². The number of aryl methyl sites for hydroxylation is 1. The summed E-state index contributed by atoms with van der Waals surface area (Å²) in [6, 6.07) is 1.58. The maximum Gasteiger partial charge on any atom is 0.228 e. The predicted molar refractivity (Wildman–Crippen MR) is 65.4 cm³/mol. The molecule has 0 radical (unpaired) electrons. The minimum Gasteiger partial charge on any atom is -0.327 e. The van der Waals surface area contributed by atoms with Crippen LogP contribution in [-0.2, 0) is 4.79 Å². The van der Waals surface area contributed by atoms with Crippen LogP contribution in [0.2, 0.25) is 5.15 Å². The first kappa shape index (κ1) is 12.9. The Kier molecular flexibility index (Phi) is 4.26. The Morgan fingerprint density at radius 1 is 1.56 bits per heavy atom. The van der Waals surface area contributed by atoms with E-state index in [9.17, 15) is 4.79 Å². The van der Waals surface area contributed by atoms with E-state index in [0.717, 1.165) is 5.56 Å². The number of halogens is 1. The van der Waals surface area contributed by atoms with Gasteiger partial charge in [0.15, 0.2) is 5.15 Å². The van der Waals surface area contributed by atoms with Gasteiger partial charge in [-0.25, -0.2) is 4.98 Å². The van der Waals surface area contributed by atoms with Crippen molar-refractivity contribution in [2.24, 2.45) is 11.7 Å². The SMILES string of the molecule is Cc1cnc(Cl)c(NC(=O)C(C)C(C)N)c1. The number of pyridine rings is 1. The van der Waals surface area contributed by atoms with Crippen molar-refractivity contribution in [2.75, 3.05) is 5.32 Å². The summed E-state index contributed by atoms with van der Waals surface area (Å²) in [6.07, 6.45) is 1.65. The molecular formula is C11H16ClN3O. The summed E-state index contributed by atoms with van der Waals surface area (Å²) in [5.74, 6) is -0.416. The lowest BCUT2D eigenvalue weighted by atomic mass is 10.0. The average molecular weight is 242 g/mol. The van der Waals surface area contributed by atoms with Crippen molar-refractivity contribution in [2.45, 2.75) is 26.8 Å². The Morgan fingerprint density at radius 3 is 2.75 bits per heavy atom. The molecule has 0 aliphatic heterocycles. The highest BCUT2D eigenvalue weighted by molar-refractivity contribution is 6.32. The Labute approximate surface area is 100 Å². The largest absolute Gasteiger partial charge is 0.327 e. The predicted octanol–water partition coefficient (Wildman–Crippen LogP) is 1.97. The molecular weight excluding hydrogens is 226 g/mol. The number of hydrogen-bond acceptors (Lipinski definition) is 3. The molecule has 1 aromatic rings. The lowest BCUT2D eigenvalue weighted by Gasteiger charge is -2.15. The summed E-state index contributed by atoms with van der Waals surface area (Å²) < 4.78 is 0. The van der Waals surface area contributed by atoms with Gasteiger partial charge in [-0.15, -0.1) is 0 Å². The fourth-order valence-electron chi connectivity index (χ4n) is 1.13. The lowest BCUT2D eigenvalue weighted by Crippen LogP contribution is -2.34. The van der Waals surface area contributed by atoms with Gasteiger partial charge >= 0.3 is 0 Å². The highest BCUT2D eigenvalue weighted by atomic mass is 35.5. The number of amides is 1. The molecule has 0 saturated heterocycles. The average Bonchev–Trinajstić information content (AvgIpc) is 2.22. The van der Waals surface area contributed by atoms with Gasteiger partial charge in [-0.1, -0.05) is 18.5 Å². The van der Waals surface area contributed by atoms with Gasteiger partial charge in [0.25, 0.3) is 0 Å². The fraction of sp³-hybridized carbons (Fsp3) is 0.455. The molecule has 1 amide bonds. The summed E-state index contributed by atoms with van der Waals surface area (Å²) >= 11 is 5.87. The van der Waals surface area contributed by atoms with Crippen molar-refractivity contribution in [3.05, 3.63) is 23.0 Å². The number of nitrogens with two attached hydrogens (primary N) is 1. The molecule has 1 heterocycles. The number of nitrogens with one attached hydrogen (secondary N) is 1. The Morgan fingerprint density at radius 2 is 2.19 bits per heavy atom. The molecule has 1 rings (SSSR count). The van der Waals surface area contributed by atoms with Crippen molar-refractivity contribution in [1.82, 2.24) is 4.98 Å². The van der Waals surface area contributed by atoms with Crippen molar-refractivity contribution < 1.29 is 4.79 Å². The molecule has 0 aliphatic rings. The molecule has 0 spiro atoms. The van der Waals surface area contributed by atoms with Crippen LogP contribution in [0.1, 0.15) is 19.4 Å². The summed E-state index contributed by atoms with van der Waals surface area (Å²) in [7, 11) is 0. The van der Waals surface area contributed by atoms with E-state index in [1.54, 1.807) is 26.1 Å². The number of anilines is 1. The number of rotatable bonds is 3. The Bertz CT molecular complexity index is 393. The minimum atomic E-state index is -0.267. The number of carbonyl (C=O) groups is 1. The quantitative estimate of drug-likeness (QED) is 0.795. The molecule has 2 unspecified atom stereocenters. The highest BCUT2D eigenvalue weighted by Crippen LogP contribution is 2.20. The number of nitrogens with zero attached hydrogens (tertiary/aromatic N) is 1.